The molecule has 1 N–H and O–H groups in total. The predicted octanol–water partition coefficient (Wildman–Crippen LogP) is 3.17. The summed E-state index contributed by atoms with van der Waals surface area (Å²) in [6.45, 7) is 0. The molecule has 6 heteroatoms. The van der Waals surface area contributed by atoms with Crippen LogP contribution in [0.2, 0.25) is 5.02 Å². The quantitative estimate of drug-likeness (QED) is 0.930. The number of rotatable bonds is 3. The summed E-state index contributed by atoms with van der Waals surface area (Å²) >= 11 is 7.31. The first-order valence-electron chi connectivity index (χ1n) is 4.64. The SMILES string of the molecule is COc1ccc(-c2nc(C(=O)O)cs2)c(Cl)c1. The zero-order valence-corrected chi connectivity index (χ0v) is 10.4. The number of nitrogens with zero attached hydrogens (tertiary/aromatic N) is 1. The van der Waals surface area contributed by atoms with E-state index in [0.29, 0.717) is 21.3 Å². The Morgan fingerprint density at radius 3 is 2.82 bits per heavy atom. The molecule has 17 heavy (non-hydrogen) atoms. The third-order valence-corrected chi connectivity index (χ3v) is 3.32. The monoisotopic (exact) mass is 269 g/mol. The van der Waals surface area contributed by atoms with Crippen LogP contribution >= 0.6 is 22.9 Å². The summed E-state index contributed by atoms with van der Waals surface area (Å²) in [6.07, 6.45) is 0. The van der Waals surface area contributed by atoms with Crippen LogP contribution in [0.25, 0.3) is 10.6 Å². The number of halogens is 1. The lowest BCUT2D eigenvalue weighted by atomic mass is 10.2. The molecule has 0 aliphatic heterocycles. The summed E-state index contributed by atoms with van der Waals surface area (Å²) in [7, 11) is 1.55. The number of aromatic carboxylic acids is 1. The normalized spacial score (nSPS) is 10.2. The highest BCUT2D eigenvalue weighted by molar-refractivity contribution is 7.13. The molecule has 1 aromatic heterocycles. The Kier molecular flexibility index (Phi) is 3.31. The Morgan fingerprint density at radius 1 is 1.53 bits per heavy atom. The van der Waals surface area contributed by atoms with Gasteiger partial charge in [0.1, 0.15) is 10.8 Å². The van der Waals surface area contributed by atoms with E-state index in [2.05, 4.69) is 4.98 Å². The molecule has 1 heterocycles. The molecule has 0 saturated carbocycles. The first-order valence-corrected chi connectivity index (χ1v) is 5.90. The minimum atomic E-state index is -1.04. The minimum absolute atomic E-state index is 0.0249. The number of carboxylic acids is 1. The Balaban J connectivity index is 2.42. The molecule has 88 valence electrons. The fraction of sp³-hybridized carbons (Fsp3) is 0.0909. The third kappa shape index (κ3) is 2.40. The Labute approximate surface area is 106 Å². The molecular formula is C11H8ClNO3S. The van der Waals surface area contributed by atoms with Crippen molar-refractivity contribution in [3.8, 4) is 16.3 Å². The zero-order valence-electron chi connectivity index (χ0n) is 8.81. The lowest BCUT2D eigenvalue weighted by Crippen LogP contribution is -1.95. The molecule has 4 nitrogen and oxygen atoms in total. The molecule has 0 spiro atoms. The third-order valence-electron chi connectivity index (χ3n) is 2.13. The van der Waals surface area contributed by atoms with E-state index in [1.807, 2.05) is 0 Å². The molecule has 0 fully saturated rings. The molecule has 1 aromatic carbocycles. The number of ether oxygens (including phenoxy) is 1. The Morgan fingerprint density at radius 2 is 2.29 bits per heavy atom. The molecule has 0 amide bonds. The van der Waals surface area contributed by atoms with Gasteiger partial charge in [-0.05, 0) is 18.2 Å². The number of carboxylic acid groups (broad SMARTS) is 1. The van der Waals surface area contributed by atoms with Crippen molar-refractivity contribution in [3.05, 3.63) is 34.3 Å². The van der Waals surface area contributed by atoms with Crippen LogP contribution in [0.5, 0.6) is 5.75 Å². The smallest absolute Gasteiger partial charge is 0.355 e. The summed E-state index contributed by atoms with van der Waals surface area (Å²) in [6, 6.07) is 5.17. The van der Waals surface area contributed by atoms with Crippen LogP contribution in [0.3, 0.4) is 0 Å². The molecule has 0 atom stereocenters. The number of thiazole rings is 1. The van der Waals surface area contributed by atoms with Gasteiger partial charge in [-0.1, -0.05) is 11.6 Å². The van der Waals surface area contributed by atoms with Crippen LogP contribution in [-0.2, 0) is 0 Å². The van der Waals surface area contributed by atoms with Crippen molar-refractivity contribution in [1.82, 2.24) is 4.98 Å². The van der Waals surface area contributed by atoms with E-state index in [1.165, 1.54) is 16.7 Å². The fourth-order valence-electron chi connectivity index (χ4n) is 1.29. The maximum absolute atomic E-state index is 10.7. The summed E-state index contributed by atoms with van der Waals surface area (Å²) in [5.74, 6) is -0.397. The molecule has 0 bridgehead atoms. The van der Waals surface area contributed by atoms with E-state index in [4.69, 9.17) is 21.4 Å². The van der Waals surface area contributed by atoms with Crippen molar-refractivity contribution in [2.75, 3.05) is 7.11 Å². The Bertz CT molecular complexity index is 568. The molecule has 0 aliphatic rings. The van der Waals surface area contributed by atoms with E-state index < -0.39 is 5.97 Å². The predicted molar refractivity (Wildman–Crippen MR) is 66.1 cm³/mol. The number of aromatic nitrogens is 1. The number of hydrogen-bond donors (Lipinski definition) is 1. The van der Waals surface area contributed by atoms with E-state index >= 15 is 0 Å². The zero-order chi connectivity index (χ0) is 12.4. The largest absolute Gasteiger partial charge is 0.497 e. The number of benzene rings is 1. The van der Waals surface area contributed by atoms with Gasteiger partial charge in [0.2, 0.25) is 0 Å². The summed E-state index contributed by atoms with van der Waals surface area (Å²) in [5, 5.41) is 11.3. The van der Waals surface area contributed by atoms with Crippen LogP contribution in [0.4, 0.5) is 0 Å². The average molecular weight is 270 g/mol. The van der Waals surface area contributed by atoms with Crippen LogP contribution in [-0.4, -0.2) is 23.2 Å². The number of hydrogen-bond acceptors (Lipinski definition) is 4. The highest BCUT2D eigenvalue weighted by Crippen LogP contribution is 2.32. The maximum atomic E-state index is 10.7. The first-order chi connectivity index (χ1) is 8.11. The van der Waals surface area contributed by atoms with Gasteiger partial charge < -0.3 is 9.84 Å². The second-order valence-corrected chi connectivity index (χ2v) is 4.45. The number of methoxy groups -OCH3 is 1. The standard InChI is InChI=1S/C11H8ClNO3S/c1-16-6-2-3-7(8(12)4-6)10-13-9(5-17-10)11(14)15/h2-5H,1H3,(H,14,15). The van der Waals surface area contributed by atoms with Crippen LogP contribution in [0, 0.1) is 0 Å². The minimum Gasteiger partial charge on any atom is -0.497 e. The van der Waals surface area contributed by atoms with Crippen LogP contribution in [0.1, 0.15) is 10.5 Å². The molecule has 0 unspecified atom stereocenters. The maximum Gasteiger partial charge on any atom is 0.355 e. The summed E-state index contributed by atoms with van der Waals surface area (Å²) in [4.78, 5) is 14.7. The van der Waals surface area contributed by atoms with E-state index in [1.54, 1.807) is 25.3 Å². The molecular weight excluding hydrogens is 262 g/mol. The van der Waals surface area contributed by atoms with Gasteiger partial charge in [-0.25, -0.2) is 9.78 Å². The van der Waals surface area contributed by atoms with Gasteiger partial charge in [-0.3, -0.25) is 0 Å². The molecule has 0 radical (unpaired) electrons. The van der Waals surface area contributed by atoms with Crippen molar-refractivity contribution >= 4 is 28.9 Å². The van der Waals surface area contributed by atoms with Gasteiger partial charge in [-0.2, -0.15) is 0 Å². The first kappa shape index (κ1) is 11.9. The van der Waals surface area contributed by atoms with Crippen molar-refractivity contribution in [2.45, 2.75) is 0 Å². The van der Waals surface area contributed by atoms with Crippen molar-refractivity contribution in [2.24, 2.45) is 0 Å². The molecule has 2 rings (SSSR count). The summed E-state index contributed by atoms with van der Waals surface area (Å²) < 4.78 is 5.03. The highest BCUT2D eigenvalue weighted by Gasteiger charge is 2.12. The van der Waals surface area contributed by atoms with Gasteiger partial charge in [-0.15, -0.1) is 11.3 Å². The van der Waals surface area contributed by atoms with Crippen LogP contribution < -0.4 is 4.74 Å². The van der Waals surface area contributed by atoms with Crippen molar-refractivity contribution in [3.63, 3.8) is 0 Å². The van der Waals surface area contributed by atoms with E-state index in [-0.39, 0.29) is 5.69 Å². The highest BCUT2D eigenvalue weighted by atomic mass is 35.5. The van der Waals surface area contributed by atoms with Gasteiger partial charge in [0.05, 0.1) is 12.1 Å². The van der Waals surface area contributed by atoms with Gasteiger partial charge >= 0.3 is 5.97 Å². The molecule has 2 aromatic rings. The fourth-order valence-corrected chi connectivity index (χ4v) is 2.44. The topological polar surface area (TPSA) is 59.4 Å². The number of carbonyl (C=O) groups is 1. The van der Waals surface area contributed by atoms with Crippen LogP contribution in [0.15, 0.2) is 23.6 Å². The van der Waals surface area contributed by atoms with Crippen molar-refractivity contribution in [1.29, 1.82) is 0 Å². The van der Waals surface area contributed by atoms with E-state index in [9.17, 15) is 4.79 Å². The Hall–Kier alpha value is -1.59. The van der Waals surface area contributed by atoms with E-state index in [0.717, 1.165) is 0 Å². The average Bonchev–Trinajstić information content (AvgIpc) is 2.78. The van der Waals surface area contributed by atoms with Crippen molar-refractivity contribution < 1.29 is 14.6 Å². The second-order valence-electron chi connectivity index (χ2n) is 3.19. The van der Waals surface area contributed by atoms with Gasteiger partial charge in [0.15, 0.2) is 5.69 Å². The lowest BCUT2D eigenvalue weighted by Gasteiger charge is -2.03. The second kappa shape index (κ2) is 4.73. The molecule has 0 saturated heterocycles. The van der Waals surface area contributed by atoms with Gasteiger partial charge in [0.25, 0.3) is 0 Å². The molecule has 0 aliphatic carbocycles. The summed E-state index contributed by atoms with van der Waals surface area (Å²) in [5.41, 5.74) is 0.724. The lowest BCUT2D eigenvalue weighted by molar-refractivity contribution is 0.0691. The van der Waals surface area contributed by atoms with Gasteiger partial charge in [0, 0.05) is 10.9 Å².